The van der Waals surface area contributed by atoms with Crippen LogP contribution in [-0.2, 0) is 4.79 Å². The SMILES string of the molecule is Cc1cc2nn(-c3ccc(F)cc3)nc2cc1NC(=O)C(C)(C)Oc1ccc(Br)cc1. The monoisotopic (exact) mass is 482 g/mol. The lowest BCUT2D eigenvalue weighted by Crippen LogP contribution is -2.42. The lowest BCUT2D eigenvalue weighted by Gasteiger charge is -2.25. The highest BCUT2D eigenvalue weighted by Gasteiger charge is 2.30. The Morgan fingerprint density at radius 3 is 2.29 bits per heavy atom. The molecule has 0 spiro atoms. The number of anilines is 1. The number of hydrogen-bond donors (Lipinski definition) is 1. The van der Waals surface area contributed by atoms with Gasteiger partial charge in [0.2, 0.25) is 0 Å². The molecular weight excluding hydrogens is 463 g/mol. The Bertz CT molecular complexity index is 1250. The number of carbonyl (C=O) groups excluding carboxylic acids is 1. The minimum atomic E-state index is -1.10. The van der Waals surface area contributed by atoms with E-state index >= 15 is 0 Å². The Morgan fingerprint density at radius 1 is 1.03 bits per heavy atom. The number of aryl methyl sites for hydroxylation is 1. The number of aromatic nitrogens is 3. The average molecular weight is 483 g/mol. The fraction of sp³-hybridized carbons (Fsp3) is 0.174. The number of carbonyl (C=O) groups is 1. The van der Waals surface area contributed by atoms with E-state index in [0.717, 1.165) is 10.0 Å². The first kappa shape index (κ1) is 21.0. The fourth-order valence-electron chi connectivity index (χ4n) is 3.01. The maximum atomic E-state index is 13.2. The summed E-state index contributed by atoms with van der Waals surface area (Å²) in [6, 6.07) is 16.8. The van der Waals surface area contributed by atoms with Gasteiger partial charge in [0.25, 0.3) is 5.91 Å². The number of amides is 1. The molecule has 8 heteroatoms. The van der Waals surface area contributed by atoms with Gasteiger partial charge in [0.05, 0.1) is 5.69 Å². The summed E-state index contributed by atoms with van der Waals surface area (Å²) < 4.78 is 20.0. The van der Waals surface area contributed by atoms with Crippen molar-refractivity contribution in [3.8, 4) is 11.4 Å². The highest BCUT2D eigenvalue weighted by molar-refractivity contribution is 9.10. The van der Waals surface area contributed by atoms with Gasteiger partial charge in [-0.1, -0.05) is 15.9 Å². The van der Waals surface area contributed by atoms with Crippen molar-refractivity contribution in [3.05, 3.63) is 76.5 Å². The number of rotatable bonds is 5. The molecule has 0 atom stereocenters. The first-order chi connectivity index (χ1) is 14.7. The van der Waals surface area contributed by atoms with Crippen LogP contribution in [-0.4, -0.2) is 26.5 Å². The smallest absolute Gasteiger partial charge is 0.267 e. The quantitative estimate of drug-likeness (QED) is 0.411. The number of nitrogens with one attached hydrogen (secondary N) is 1. The molecule has 0 saturated heterocycles. The van der Waals surface area contributed by atoms with Gasteiger partial charge in [-0.2, -0.15) is 4.80 Å². The van der Waals surface area contributed by atoms with Gasteiger partial charge in [-0.25, -0.2) is 4.39 Å². The predicted molar refractivity (Wildman–Crippen MR) is 121 cm³/mol. The van der Waals surface area contributed by atoms with Gasteiger partial charge in [0.1, 0.15) is 22.6 Å². The maximum absolute atomic E-state index is 13.2. The fourth-order valence-corrected chi connectivity index (χ4v) is 3.27. The molecular formula is C23H20BrFN4O2. The van der Waals surface area contributed by atoms with Crippen LogP contribution in [0.25, 0.3) is 16.7 Å². The molecule has 0 fully saturated rings. The molecule has 0 saturated carbocycles. The van der Waals surface area contributed by atoms with Crippen molar-refractivity contribution >= 4 is 38.6 Å². The molecule has 0 aliphatic heterocycles. The van der Waals surface area contributed by atoms with Crippen molar-refractivity contribution in [1.29, 1.82) is 0 Å². The van der Waals surface area contributed by atoms with Crippen molar-refractivity contribution in [2.75, 3.05) is 5.32 Å². The lowest BCUT2D eigenvalue weighted by atomic mass is 10.1. The van der Waals surface area contributed by atoms with E-state index < -0.39 is 5.60 Å². The summed E-state index contributed by atoms with van der Waals surface area (Å²) in [7, 11) is 0. The zero-order chi connectivity index (χ0) is 22.2. The number of benzene rings is 3. The van der Waals surface area contributed by atoms with Crippen molar-refractivity contribution < 1.29 is 13.9 Å². The molecule has 3 aromatic carbocycles. The van der Waals surface area contributed by atoms with Crippen LogP contribution in [0.1, 0.15) is 19.4 Å². The normalized spacial score (nSPS) is 11.5. The molecule has 1 amide bonds. The van der Waals surface area contributed by atoms with Gasteiger partial charge in [0, 0.05) is 10.2 Å². The van der Waals surface area contributed by atoms with E-state index in [1.165, 1.54) is 16.9 Å². The van der Waals surface area contributed by atoms with Gasteiger partial charge >= 0.3 is 0 Å². The Morgan fingerprint density at radius 2 is 1.65 bits per heavy atom. The van der Waals surface area contributed by atoms with Crippen molar-refractivity contribution in [1.82, 2.24) is 15.0 Å². The second kappa shape index (κ2) is 8.11. The topological polar surface area (TPSA) is 69.0 Å². The molecule has 1 heterocycles. The Balaban J connectivity index is 1.57. The van der Waals surface area contributed by atoms with E-state index in [1.54, 1.807) is 44.2 Å². The van der Waals surface area contributed by atoms with Crippen LogP contribution in [0.15, 0.2) is 65.1 Å². The molecule has 0 aliphatic carbocycles. The molecule has 4 aromatic rings. The lowest BCUT2D eigenvalue weighted by molar-refractivity contribution is -0.128. The van der Waals surface area contributed by atoms with Crippen molar-refractivity contribution in [2.24, 2.45) is 0 Å². The zero-order valence-corrected chi connectivity index (χ0v) is 18.8. The summed E-state index contributed by atoms with van der Waals surface area (Å²) in [6.07, 6.45) is 0. The first-order valence-electron chi connectivity index (χ1n) is 9.61. The van der Waals surface area contributed by atoms with Crippen LogP contribution < -0.4 is 10.1 Å². The molecule has 6 nitrogen and oxygen atoms in total. The van der Waals surface area contributed by atoms with Gasteiger partial charge in [0.15, 0.2) is 5.60 Å². The summed E-state index contributed by atoms with van der Waals surface area (Å²) in [5.41, 5.74) is 2.29. The first-order valence-corrected chi connectivity index (χ1v) is 10.4. The number of ether oxygens (including phenoxy) is 1. The van der Waals surface area contributed by atoms with Crippen LogP contribution in [0.2, 0.25) is 0 Å². The Kier molecular flexibility index (Phi) is 5.49. The molecule has 0 bridgehead atoms. The third kappa shape index (κ3) is 4.59. The van der Waals surface area contributed by atoms with Crippen LogP contribution in [0.3, 0.4) is 0 Å². The van der Waals surface area contributed by atoms with Crippen LogP contribution >= 0.6 is 15.9 Å². The molecule has 0 unspecified atom stereocenters. The van der Waals surface area contributed by atoms with Crippen molar-refractivity contribution in [2.45, 2.75) is 26.4 Å². The standard InChI is InChI=1S/C23H20BrFN4O2/c1-14-12-20-21(28-29(27-20)17-8-6-16(25)7-9-17)13-19(14)26-22(30)23(2,3)31-18-10-4-15(24)5-11-18/h4-13H,1-3H3,(H,26,30). The highest BCUT2D eigenvalue weighted by Crippen LogP contribution is 2.25. The summed E-state index contributed by atoms with van der Waals surface area (Å²) in [5.74, 6) is -0.0177. The molecule has 0 aliphatic rings. The molecule has 4 rings (SSSR count). The van der Waals surface area contributed by atoms with E-state index in [2.05, 4.69) is 31.4 Å². The van der Waals surface area contributed by atoms with E-state index in [9.17, 15) is 9.18 Å². The third-order valence-corrected chi connectivity index (χ3v) is 5.29. The second-order valence-corrected chi connectivity index (χ2v) is 8.56. The van der Waals surface area contributed by atoms with Gasteiger partial charge in [-0.05, 0) is 87.0 Å². The van der Waals surface area contributed by atoms with Crippen LogP contribution in [0, 0.1) is 12.7 Å². The number of nitrogens with zero attached hydrogens (tertiary/aromatic N) is 3. The number of fused-ring (bicyclic) bond motifs is 1. The Hall–Kier alpha value is -3.26. The van der Waals surface area contributed by atoms with E-state index in [1.807, 2.05) is 25.1 Å². The van der Waals surface area contributed by atoms with Gasteiger partial charge < -0.3 is 10.1 Å². The van der Waals surface area contributed by atoms with Crippen molar-refractivity contribution in [3.63, 3.8) is 0 Å². The summed E-state index contributed by atoms with van der Waals surface area (Å²) in [5, 5.41) is 11.8. The maximum Gasteiger partial charge on any atom is 0.267 e. The summed E-state index contributed by atoms with van der Waals surface area (Å²) in [4.78, 5) is 14.4. The second-order valence-electron chi connectivity index (χ2n) is 7.64. The van der Waals surface area contributed by atoms with Gasteiger partial charge in [-0.15, -0.1) is 10.2 Å². The number of halogens is 2. The largest absolute Gasteiger partial charge is 0.478 e. The van der Waals surface area contributed by atoms with E-state index in [0.29, 0.717) is 28.2 Å². The molecule has 158 valence electrons. The predicted octanol–water partition coefficient (Wildman–Crippen LogP) is 5.43. The summed E-state index contributed by atoms with van der Waals surface area (Å²) in [6.45, 7) is 5.31. The molecule has 1 N–H and O–H groups in total. The van der Waals surface area contributed by atoms with Gasteiger partial charge in [-0.3, -0.25) is 4.79 Å². The molecule has 0 radical (unpaired) electrons. The molecule has 31 heavy (non-hydrogen) atoms. The van der Waals surface area contributed by atoms with E-state index in [4.69, 9.17) is 4.74 Å². The number of hydrogen-bond acceptors (Lipinski definition) is 4. The summed E-state index contributed by atoms with van der Waals surface area (Å²) >= 11 is 3.38. The molecule has 1 aromatic heterocycles. The Labute approximate surface area is 187 Å². The van der Waals surface area contributed by atoms with Crippen LogP contribution in [0.4, 0.5) is 10.1 Å². The van der Waals surface area contributed by atoms with E-state index in [-0.39, 0.29) is 11.7 Å². The average Bonchev–Trinajstić information content (AvgIpc) is 3.13. The highest BCUT2D eigenvalue weighted by atomic mass is 79.9. The minimum absolute atomic E-state index is 0.288. The zero-order valence-electron chi connectivity index (χ0n) is 17.2. The third-order valence-electron chi connectivity index (χ3n) is 4.77. The van der Waals surface area contributed by atoms with Crippen LogP contribution in [0.5, 0.6) is 5.75 Å². The minimum Gasteiger partial charge on any atom is -0.478 e.